The molecule has 0 saturated carbocycles. The Kier molecular flexibility index (Phi) is 4.50. The summed E-state index contributed by atoms with van der Waals surface area (Å²) in [6.45, 7) is 0. The molecule has 0 bridgehead atoms. The van der Waals surface area contributed by atoms with Gasteiger partial charge in [0.15, 0.2) is 6.04 Å². The zero-order valence-corrected chi connectivity index (χ0v) is 9.97. The first-order valence-corrected chi connectivity index (χ1v) is 5.01. The second kappa shape index (κ2) is 5.87. The first-order chi connectivity index (χ1) is 8.49. The van der Waals surface area contributed by atoms with Crippen molar-refractivity contribution in [2.24, 2.45) is 5.73 Å². The first-order valence-electron chi connectivity index (χ1n) is 5.01. The number of hydrogen-bond acceptors (Lipinski definition) is 5. The summed E-state index contributed by atoms with van der Waals surface area (Å²) in [6, 6.07) is 3.10. The maximum absolute atomic E-state index is 11.5. The fourth-order valence-electron chi connectivity index (χ4n) is 1.23. The van der Waals surface area contributed by atoms with Gasteiger partial charge in [0.05, 0.1) is 19.9 Å². The summed E-state index contributed by atoms with van der Waals surface area (Å²) in [5, 5.41) is 11.0. The molecule has 1 rings (SSSR count). The van der Waals surface area contributed by atoms with Gasteiger partial charge in [-0.1, -0.05) is 0 Å². The third-order valence-corrected chi connectivity index (χ3v) is 2.21. The van der Waals surface area contributed by atoms with Crippen LogP contribution in [0.15, 0.2) is 18.2 Å². The van der Waals surface area contributed by atoms with Gasteiger partial charge in [0, 0.05) is 6.07 Å². The van der Waals surface area contributed by atoms with Crippen LogP contribution in [0.2, 0.25) is 0 Å². The maximum Gasteiger partial charge on any atom is 0.330 e. The number of nitrogens with one attached hydrogen (secondary N) is 1. The monoisotopic (exact) mass is 254 g/mol. The minimum Gasteiger partial charge on any atom is -0.497 e. The molecule has 1 aromatic rings. The highest BCUT2D eigenvalue weighted by atomic mass is 16.5. The Morgan fingerprint density at radius 3 is 2.50 bits per heavy atom. The number of carboxylic acids is 1. The van der Waals surface area contributed by atoms with Crippen molar-refractivity contribution in [2.75, 3.05) is 19.5 Å². The van der Waals surface area contributed by atoms with Crippen LogP contribution in [-0.4, -0.2) is 37.2 Å². The molecule has 18 heavy (non-hydrogen) atoms. The molecule has 7 nitrogen and oxygen atoms in total. The lowest BCUT2D eigenvalue weighted by Gasteiger charge is -2.13. The van der Waals surface area contributed by atoms with E-state index in [2.05, 4.69) is 5.32 Å². The van der Waals surface area contributed by atoms with E-state index in [1.807, 2.05) is 0 Å². The Bertz CT molecular complexity index is 461. The number of methoxy groups -OCH3 is 2. The van der Waals surface area contributed by atoms with Crippen LogP contribution in [0, 0.1) is 0 Å². The molecule has 0 saturated heterocycles. The topological polar surface area (TPSA) is 111 Å². The molecule has 1 unspecified atom stereocenters. The molecular weight excluding hydrogens is 240 g/mol. The van der Waals surface area contributed by atoms with Crippen molar-refractivity contribution in [1.82, 2.24) is 0 Å². The Morgan fingerprint density at radius 1 is 1.33 bits per heavy atom. The van der Waals surface area contributed by atoms with Crippen LogP contribution in [0.1, 0.15) is 0 Å². The van der Waals surface area contributed by atoms with Gasteiger partial charge in [-0.3, -0.25) is 4.79 Å². The lowest BCUT2D eigenvalue weighted by Crippen LogP contribution is -2.42. The largest absolute Gasteiger partial charge is 0.497 e. The zero-order valence-electron chi connectivity index (χ0n) is 9.97. The van der Waals surface area contributed by atoms with E-state index in [0.29, 0.717) is 17.2 Å². The number of nitrogens with two attached hydrogens (primary N) is 1. The van der Waals surface area contributed by atoms with Gasteiger partial charge in [0.1, 0.15) is 11.5 Å². The number of carbonyl (C=O) groups excluding carboxylic acids is 1. The predicted molar refractivity (Wildman–Crippen MR) is 63.8 cm³/mol. The fourth-order valence-corrected chi connectivity index (χ4v) is 1.23. The van der Waals surface area contributed by atoms with Crippen LogP contribution in [0.4, 0.5) is 5.69 Å². The number of carbonyl (C=O) groups is 2. The first kappa shape index (κ1) is 13.8. The molecular formula is C11H14N2O5. The average Bonchev–Trinajstić information content (AvgIpc) is 2.37. The minimum atomic E-state index is -1.64. The number of benzene rings is 1. The van der Waals surface area contributed by atoms with Crippen molar-refractivity contribution in [3.05, 3.63) is 18.2 Å². The highest BCUT2D eigenvalue weighted by molar-refractivity contribution is 6.08. The standard InChI is InChI=1S/C11H14N2O5/c1-17-6-3-4-8(18-2)7(5-6)13-10(14)9(12)11(15)16/h3-5,9H,12H2,1-2H3,(H,13,14)(H,15,16). The summed E-state index contributed by atoms with van der Waals surface area (Å²) in [4.78, 5) is 22.1. The van der Waals surface area contributed by atoms with Gasteiger partial charge >= 0.3 is 5.97 Å². The van der Waals surface area contributed by atoms with E-state index in [4.69, 9.17) is 20.3 Å². The number of carboxylic acid groups (broad SMARTS) is 1. The van der Waals surface area contributed by atoms with Gasteiger partial charge in [0.25, 0.3) is 5.91 Å². The molecule has 0 aliphatic rings. The number of rotatable bonds is 5. The second-order valence-corrected chi connectivity index (χ2v) is 3.37. The highest BCUT2D eigenvalue weighted by Gasteiger charge is 2.22. The molecule has 0 spiro atoms. The van der Waals surface area contributed by atoms with Crippen molar-refractivity contribution >= 4 is 17.6 Å². The number of anilines is 1. The predicted octanol–water partition coefficient (Wildman–Crippen LogP) is 0.0542. The summed E-state index contributed by atoms with van der Waals surface area (Å²) >= 11 is 0. The summed E-state index contributed by atoms with van der Waals surface area (Å²) < 4.78 is 10.0. The van der Waals surface area contributed by atoms with Crippen LogP contribution >= 0.6 is 0 Å². The van der Waals surface area contributed by atoms with E-state index < -0.39 is 17.9 Å². The fraction of sp³-hybridized carbons (Fsp3) is 0.273. The molecule has 7 heteroatoms. The van der Waals surface area contributed by atoms with Crippen molar-refractivity contribution in [3.8, 4) is 11.5 Å². The van der Waals surface area contributed by atoms with Crippen LogP contribution in [-0.2, 0) is 9.59 Å². The Hall–Kier alpha value is -2.28. The molecule has 98 valence electrons. The lowest BCUT2D eigenvalue weighted by atomic mass is 10.2. The second-order valence-electron chi connectivity index (χ2n) is 3.37. The van der Waals surface area contributed by atoms with Crippen LogP contribution in [0.3, 0.4) is 0 Å². The van der Waals surface area contributed by atoms with E-state index in [1.165, 1.54) is 20.3 Å². The molecule has 0 heterocycles. The minimum absolute atomic E-state index is 0.290. The molecule has 0 fully saturated rings. The molecule has 0 aliphatic carbocycles. The third-order valence-electron chi connectivity index (χ3n) is 2.21. The summed E-state index contributed by atoms with van der Waals surface area (Å²) in [7, 11) is 2.89. The van der Waals surface area contributed by atoms with Gasteiger partial charge in [0.2, 0.25) is 0 Å². The number of amides is 1. The summed E-state index contributed by atoms with van der Waals surface area (Å²) in [5.74, 6) is -1.37. The summed E-state index contributed by atoms with van der Waals surface area (Å²) in [6.07, 6.45) is 0. The van der Waals surface area contributed by atoms with Crippen molar-refractivity contribution in [2.45, 2.75) is 6.04 Å². The average molecular weight is 254 g/mol. The van der Waals surface area contributed by atoms with Gasteiger partial charge in [-0.15, -0.1) is 0 Å². The molecule has 0 aliphatic heterocycles. The van der Waals surface area contributed by atoms with Gasteiger partial charge in [-0.25, -0.2) is 4.79 Å². The molecule has 1 aromatic carbocycles. The van der Waals surface area contributed by atoms with Crippen molar-refractivity contribution in [3.63, 3.8) is 0 Å². The molecule has 0 aromatic heterocycles. The molecule has 0 radical (unpaired) electrons. The summed E-state index contributed by atoms with van der Waals surface area (Å²) in [5.41, 5.74) is 5.48. The van der Waals surface area contributed by atoms with E-state index in [1.54, 1.807) is 12.1 Å². The van der Waals surface area contributed by atoms with Crippen LogP contribution in [0.5, 0.6) is 11.5 Å². The maximum atomic E-state index is 11.5. The highest BCUT2D eigenvalue weighted by Crippen LogP contribution is 2.28. The number of hydrogen-bond donors (Lipinski definition) is 3. The quantitative estimate of drug-likeness (QED) is 0.640. The van der Waals surface area contributed by atoms with Crippen LogP contribution in [0.25, 0.3) is 0 Å². The smallest absolute Gasteiger partial charge is 0.330 e. The van der Waals surface area contributed by atoms with Crippen LogP contribution < -0.4 is 20.5 Å². The van der Waals surface area contributed by atoms with E-state index in [9.17, 15) is 9.59 Å². The van der Waals surface area contributed by atoms with Gasteiger partial charge < -0.3 is 25.6 Å². The third kappa shape index (κ3) is 3.11. The number of ether oxygens (including phenoxy) is 2. The van der Waals surface area contributed by atoms with E-state index in [-0.39, 0.29) is 0 Å². The lowest BCUT2D eigenvalue weighted by molar-refractivity contribution is -0.141. The van der Waals surface area contributed by atoms with Crippen molar-refractivity contribution < 1.29 is 24.2 Å². The van der Waals surface area contributed by atoms with Gasteiger partial charge in [-0.05, 0) is 12.1 Å². The molecule has 1 atom stereocenters. The Morgan fingerprint density at radius 2 is 2.00 bits per heavy atom. The van der Waals surface area contributed by atoms with E-state index in [0.717, 1.165) is 0 Å². The van der Waals surface area contributed by atoms with E-state index >= 15 is 0 Å². The zero-order chi connectivity index (χ0) is 13.7. The number of aliphatic carboxylic acids is 1. The molecule has 4 N–H and O–H groups in total. The Labute approximate surface area is 103 Å². The Balaban J connectivity index is 2.94. The van der Waals surface area contributed by atoms with Gasteiger partial charge in [-0.2, -0.15) is 0 Å². The van der Waals surface area contributed by atoms with Crippen molar-refractivity contribution in [1.29, 1.82) is 0 Å². The SMILES string of the molecule is COc1ccc(OC)c(NC(=O)C(N)C(=O)O)c1. The molecule has 1 amide bonds. The normalized spacial score (nSPS) is 11.5.